The molecule has 0 aliphatic heterocycles. The number of hydrogen-bond donors (Lipinski definition) is 0. The highest BCUT2D eigenvalue weighted by Gasteiger charge is 1.99. The largest absolute Gasteiger partial charge is 0.377 e. The van der Waals surface area contributed by atoms with E-state index in [0.717, 1.165) is 0 Å². The van der Waals surface area contributed by atoms with Crippen LogP contribution in [0.15, 0.2) is 4.99 Å². The van der Waals surface area contributed by atoms with E-state index in [-0.39, 0.29) is 12.1 Å². The Morgan fingerprint density at radius 2 is 2.10 bits per heavy atom. The first-order valence-corrected chi connectivity index (χ1v) is 3.35. The highest BCUT2D eigenvalue weighted by molar-refractivity contribution is 5.33. The molecule has 0 heterocycles. The van der Waals surface area contributed by atoms with Crippen molar-refractivity contribution >= 4 is 6.08 Å². The van der Waals surface area contributed by atoms with E-state index in [4.69, 9.17) is 4.74 Å². The van der Waals surface area contributed by atoms with Crippen LogP contribution >= 0.6 is 0 Å². The smallest absolute Gasteiger partial charge is 0.235 e. The highest BCUT2D eigenvalue weighted by atomic mass is 16.5. The first kappa shape index (κ1) is 9.34. The van der Waals surface area contributed by atoms with Crippen LogP contribution < -0.4 is 0 Å². The first-order chi connectivity index (χ1) is 4.66. The third kappa shape index (κ3) is 5.48. The molecule has 0 N–H and O–H groups in total. The van der Waals surface area contributed by atoms with E-state index >= 15 is 0 Å². The van der Waals surface area contributed by atoms with E-state index < -0.39 is 0 Å². The second-order valence-corrected chi connectivity index (χ2v) is 2.45. The standard InChI is InChI=1S/C7H13NO2/c1-6(2)10-4-7(3)8-5-9/h6-7H,4H2,1-3H3. The zero-order chi connectivity index (χ0) is 7.98. The molecule has 0 aromatic heterocycles. The van der Waals surface area contributed by atoms with Crippen LogP contribution in [0.4, 0.5) is 0 Å². The Kier molecular flexibility index (Phi) is 4.81. The lowest BCUT2D eigenvalue weighted by atomic mass is 10.4. The molecule has 0 saturated heterocycles. The molecule has 0 rings (SSSR count). The summed E-state index contributed by atoms with van der Waals surface area (Å²) in [6, 6.07) is -0.0695. The van der Waals surface area contributed by atoms with Crippen molar-refractivity contribution < 1.29 is 9.53 Å². The fraction of sp³-hybridized carbons (Fsp3) is 0.857. The maximum atomic E-state index is 9.71. The van der Waals surface area contributed by atoms with E-state index in [9.17, 15) is 4.79 Å². The quantitative estimate of drug-likeness (QED) is 0.437. The van der Waals surface area contributed by atoms with Crippen LogP contribution in [0.2, 0.25) is 0 Å². The summed E-state index contributed by atoms with van der Waals surface area (Å²) >= 11 is 0. The molecule has 0 bridgehead atoms. The fourth-order valence-corrected chi connectivity index (χ4v) is 0.459. The molecular weight excluding hydrogens is 130 g/mol. The van der Waals surface area contributed by atoms with Crippen molar-refractivity contribution in [2.24, 2.45) is 4.99 Å². The predicted molar refractivity (Wildman–Crippen MR) is 38.7 cm³/mol. The molecule has 0 radical (unpaired) electrons. The molecule has 0 aromatic rings. The maximum absolute atomic E-state index is 9.71. The van der Waals surface area contributed by atoms with Gasteiger partial charge >= 0.3 is 0 Å². The van der Waals surface area contributed by atoms with Crippen molar-refractivity contribution in [3.05, 3.63) is 0 Å². The van der Waals surface area contributed by atoms with Crippen LogP contribution in [0.25, 0.3) is 0 Å². The van der Waals surface area contributed by atoms with Crippen LogP contribution in [-0.2, 0) is 9.53 Å². The molecule has 3 nitrogen and oxygen atoms in total. The predicted octanol–water partition coefficient (Wildman–Crippen LogP) is 1.14. The Morgan fingerprint density at radius 1 is 1.50 bits per heavy atom. The molecule has 3 heteroatoms. The van der Waals surface area contributed by atoms with Crippen molar-refractivity contribution in [2.45, 2.75) is 32.9 Å². The average molecular weight is 143 g/mol. The minimum atomic E-state index is -0.0695. The normalized spacial score (nSPS) is 12.8. The lowest BCUT2D eigenvalue weighted by molar-refractivity contribution is 0.0716. The van der Waals surface area contributed by atoms with Gasteiger partial charge in [-0.15, -0.1) is 0 Å². The van der Waals surface area contributed by atoms with E-state index in [0.29, 0.717) is 6.61 Å². The Labute approximate surface area is 61.1 Å². The van der Waals surface area contributed by atoms with Gasteiger partial charge < -0.3 is 4.74 Å². The molecule has 58 valence electrons. The van der Waals surface area contributed by atoms with Gasteiger partial charge in [0.05, 0.1) is 18.8 Å². The van der Waals surface area contributed by atoms with Gasteiger partial charge in [0, 0.05) is 0 Å². The van der Waals surface area contributed by atoms with Gasteiger partial charge in [-0.3, -0.25) is 0 Å². The molecule has 0 aliphatic carbocycles. The van der Waals surface area contributed by atoms with Crippen LogP contribution in [0.3, 0.4) is 0 Å². The number of aliphatic imine (C=N–C) groups is 1. The summed E-state index contributed by atoms with van der Waals surface area (Å²) in [6.07, 6.45) is 1.68. The number of isocyanates is 1. The summed E-state index contributed by atoms with van der Waals surface area (Å²) in [7, 11) is 0. The number of ether oxygens (including phenoxy) is 1. The minimum Gasteiger partial charge on any atom is -0.377 e. The van der Waals surface area contributed by atoms with Crippen LogP contribution in [0.1, 0.15) is 20.8 Å². The monoisotopic (exact) mass is 143 g/mol. The van der Waals surface area contributed by atoms with Crippen LogP contribution in [0, 0.1) is 0 Å². The highest BCUT2D eigenvalue weighted by Crippen LogP contribution is 1.93. The fourth-order valence-electron chi connectivity index (χ4n) is 0.459. The SMILES string of the molecule is CC(COC(C)C)N=C=O. The number of nitrogens with zero attached hydrogens (tertiary/aromatic N) is 1. The molecule has 10 heavy (non-hydrogen) atoms. The topological polar surface area (TPSA) is 38.7 Å². The van der Waals surface area contributed by atoms with E-state index in [2.05, 4.69) is 4.99 Å². The van der Waals surface area contributed by atoms with Gasteiger partial charge in [0.15, 0.2) is 0 Å². The van der Waals surface area contributed by atoms with Crippen molar-refractivity contribution in [2.75, 3.05) is 6.61 Å². The van der Waals surface area contributed by atoms with Gasteiger partial charge in [-0.05, 0) is 20.8 Å². The van der Waals surface area contributed by atoms with Crippen LogP contribution in [0.5, 0.6) is 0 Å². The summed E-state index contributed by atoms with van der Waals surface area (Å²) in [6.45, 7) is 6.19. The van der Waals surface area contributed by atoms with Crippen molar-refractivity contribution in [3.8, 4) is 0 Å². The third-order valence-electron chi connectivity index (χ3n) is 0.944. The Balaban J connectivity index is 3.39. The average Bonchev–Trinajstić information content (AvgIpc) is 1.85. The molecule has 0 saturated carbocycles. The summed E-state index contributed by atoms with van der Waals surface area (Å²) in [4.78, 5) is 13.2. The molecule has 0 spiro atoms. The summed E-state index contributed by atoms with van der Waals surface area (Å²) in [5.41, 5.74) is 0. The molecule has 0 amide bonds. The first-order valence-electron chi connectivity index (χ1n) is 3.35. The minimum absolute atomic E-state index is 0.0695. The van der Waals surface area contributed by atoms with Gasteiger partial charge in [0.2, 0.25) is 6.08 Å². The van der Waals surface area contributed by atoms with Crippen molar-refractivity contribution in [1.29, 1.82) is 0 Å². The van der Waals surface area contributed by atoms with Gasteiger partial charge in [-0.2, -0.15) is 0 Å². The van der Waals surface area contributed by atoms with Crippen molar-refractivity contribution in [3.63, 3.8) is 0 Å². The number of carbonyl (C=O) groups excluding carboxylic acids is 1. The molecule has 1 unspecified atom stereocenters. The van der Waals surface area contributed by atoms with E-state index in [1.165, 1.54) is 6.08 Å². The van der Waals surface area contributed by atoms with E-state index in [1.807, 2.05) is 20.8 Å². The molecular formula is C7H13NO2. The Bertz CT molecular complexity index is 128. The second-order valence-electron chi connectivity index (χ2n) is 2.45. The van der Waals surface area contributed by atoms with Crippen molar-refractivity contribution in [1.82, 2.24) is 0 Å². The molecule has 0 aromatic carbocycles. The number of hydrogen-bond acceptors (Lipinski definition) is 3. The summed E-state index contributed by atoms with van der Waals surface area (Å²) in [5, 5.41) is 0. The summed E-state index contributed by atoms with van der Waals surface area (Å²) < 4.78 is 5.18. The van der Waals surface area contributed by atoms with Gasteiger partial charge in [0.25, 0.3) is 0 Å². The number of rotatable bonds is 4. The van der Waals surface area contributed by atoms with E-state index in [1.54, 1.807) is 0 Å². The Hall–Kier alpha value is -0.660. The molecule has 1 atom stereocenters. The summed E-state index contributed by atoms with van der Waals surface area (Å²) in [5.74, 6) is 0. The molecule has 0 fully saturated rings. The Morgan fingerprint density at radius 3 is 2.50 bits per heavy atom. The maximum Gasteiger partial charge on any atom is 0.235 e. The van der Waals surface area contributed by atoms with Gasteiger partial charge in [0.1, 0.15) is 0 Å². The van der Waals surface area contributed by atoms with Gasteiger partial charge in [-0.25, -0.2) is 9.79 Å². The zero-order valence-electron chi connectivity index (χ0n) is 6.63. The molecule has 0 aliphatic rings. The third-order valence-corrected chi connectivity index (χ3v) is 0.944. The second kappa shape index (κ2) is 5.15. The zero-order valence-corrected chi connectivity index (χ0v) is 6.63. The van der Waals surface area contributed by atoms with Crippen LogP contribution in [-0.4, -0.2) is 24.8 Å². The lowest BCUT2D eigenvalue weighted by Gasteiger charge is -2.08. The lowest BCUT2D eigenvalue weighted by Crippen LogP contribution is -2.13. The van der Waals surface area contributed by atoms with Gasteiger partial charge in [-0.1, -0.05) is 0 Å².